The molecule has 0 spiro atoms. The van der Waals surface area contributed by atoms with Gasteiger partial charge in [-0.05, 0) is 51.0 Å². The number of rotatable bonds is 9. The number of nitrogens with zero attached hydrogens (tertiary/aromatic N) is 2. The van der Waals surface area contributed by atoms with Crippen molar-refractivity contribution in [2.75, 3.05) is 25.0 Å². The van der Waals surface area contributed by atoms with Gasteiger partial charge in [-0.3, -0.25) is 14.9 Å². The van der Waals surface area contributed by atoms with Crippen LogP contribution in [0.4, 0.5) is 11.4 Å². The standard InChI is InChI=1S/C22H27N3O7S/c1-16(2)32-20-11-10-17(33(29,30)24-12-6-3-7-13-24)14-18(20)23-22(26)15-31-21-9-5-4-8-19(21)25(27)28/h4-5,8-11,14,16H,3,6-7,12-13,15H2,1-2H3,(H,23,26). The Morgan fingerprint density at radius 3 is 2.48 bits per heavy atom. The van der Waals surface area contributed by atoms with E-state index in [0.29, 0.717) is 18.8 Å². The van der Waals surface area contributed by atoms with Crippen LogP contribution in [-0.2, 0) is 14.8 Å². The van der Waals surface area contributed by atoms with E-state index in [9.17, 15) is 23.3 Å². The van der Waals surface area contributed by atoms with Crippen LogP contribution in [0.1, 0.15) is 33.1 Å². The molecule has 0 aromatic heterocycles. The van der Waals surface area contributed by atoms with Gasteiger partial charge in [0.25, 0.3) is 5.91 Å². The Kier molecular flexibility index (Phi) is 7.88. The third kappa shape index (κ3) is 6.20. The molecule has 0 unspecified atom stereocenters. The summed E-state index contributed by atoms with van der Waals surface area (Å²) in [6, 6.07) is 10.1. The monoisotopic (exact) mass is 477 g/mol. The van der Waals surface area contributed by atoms with Crippen molar-refractivity contribution < 1.29 is 27.6 Å². The van der Waals surface area contributed by atoms with E-state index in [2.05, 4.69) is 5.32 Å². The van der Waals surface area contributed by atoms with Crippen molar-refractivity contribution >= 4 is 27.3 Å². The summed E-state index contributed by atoms with van der Waals surface area (Å²) in [5, 5.41) is 13.7. The first-order chi connectivity index (χ1) is 15.7. The largest absolute Gasteiger partial charge is 0.489 e. The molecule has 1 aliphatic heterocycles. The van der Waals surface area contributed by atoms with Crippen LogP contribution in [0.3, 0.4) is 0 Å². The summed E-state index contributed by atoms with van der Waals surface area (Å²) in [5.41, 5.74) is -0.0818. The first kappa shape index (κ1) is 24.5. The van der Waals surface area contributed by atoms with Crippen LogP contribution >= 0.6 is 0 Å². The lowest BCUT2D eigenvalue weighted by Crippen LogP contribution is -2.35. The smallest absolute Gasteiger partial charge is 0.310 e. The van der Waals surface area contributed by atoms with Gasteiger partial charge in [0.05, 0.1) is 21.6 Å². The van der Waals surface area contributed by atoms with Gasteiger partial charge in [0.1, 0.15) is 5.75 Å². The summed E-state index contributed by atoms with van der Waals surface area (Å²) in [7, 11) is -3.72. The van der Waals surface area contributed by atoms with E-state index < -0.39 is 27.5 Å². The van der Waals surface area contributed by atoms with E-state index in [-0.39, 0.29) is 28.1 Å². The Bertz CT molecular complexity index is 1110. The molecule has 11 heteroatoms. The maximum absolute atomic E-state index is 13.1. The maximum atomic E-state index is 13.1. The van der Waals surface area contributed by atoms with Crippen molar-refractivity contribution in [3.8, 4) is 11.5 Å². The van der Waals surface area contributed by atoms with Crippen molar-refractivity contribution in [1.82, 2.24) is 4.31 Å². The number of anilines is 1. The number of nitro groups is 1. The third-order valence-electron chi connectivity index (χ3n) is 4.96. The molecular formula is C22H27N3O7S. The Morgan fingerprint density at radius 2 is 1.82 bits per heavy atom. The van der Waals surface area contributed by atoms with Crippen LogP contribution in [0.5, 0.6) is 11.5 Å². The molecule has 0 aliphatic carbocycles. The predicted molar refractivity (Wildman–Crippen MR) is 122 cm³/mol. The highest BCUT2D eigenvalue weighted by atomic mass is 32.2. The highest BCUT2D eigenvalue weighted by Gasteiger charge is 2.27. The average molecular weight is 478 g/mol. The fourth-order valence-corrected chi connectivity index (χ4v) is 4.98. The highest BCUT2D eigenvalue weighted by molar-refractivity contribution is 7.89. The minimum Gasteiger partial charge on any atom is -0.489 e. The second-order valence-corrected chi connectivity index (χ2v) is 9.79. The summed E-state index contributed by atoms with van der Waals surface area (Å²) >= 11 is 0. The van der Waals surface area contributed by atoms with Gasteiger partial charge < -0.3 is 14.8 Å². The van der Waals surface area contributed by atoms with Crippen LogP contribution < -0.4 is 14.8 Å². The Balaban J connectivity index is 1.80. The van der Waals surface area contributed by atoms with Crippen LogP contribution in [0.2, 0.25) is 0 Å². The van der Waals surface area contributed by atoms with Crippen molar-refractivity contribution in [3.05, 3.63) is 52.6 Å². The minimum atomic E-state index is -3.72. The average Bonchev–Trinajstić information content (AvgIpc) is 2.79. The zero-order valence-corrected chi connectivity index (χ0v) is 19.3. The van der Waals surface area contributed by atoms with Crippen molar-refractivity contribution in [1.29, 1.82) is 0 Å². The van der Waals surface area contributed by atoms with Gasteiger partial charge in [-0.15, -0.1) is 0 Å². The molecule has 1 aliphatic rings. The number of nitro benzene ring substituents is 1. The molecular weight excluding hydrogens is 450 g/mol. The molecule has 1 fully saturated rings. The molecule has 0 saturated carbocycles. The van der Waals surface area contributed by atoms with Crippen LogP contribution in [0.25, 0.3) is 0 Å². The topological polar surface area (TPSA) is 128 Å². The number of carbonyl (C=O) groups is 1. The van der Waals surface area contributed by atoms with E-state index in [0.717, 1.165) is 19.3 Å². The molecule has 0 radical (unpaired) electrons. The lowest BCUT2D eigenvalue weighted by molar-refractivity contribution is -0.385. The number of ether oxygens (including phenoxy) is 2. The van der Waals surface area contributed by atoms with Crippen LogP contribution in [0, 0.1) is 10.1 Å². The van der Waals surface area contributed by atoms with E-state index >= 15 is 0 Å². The number of sulfonamides is 1. The van der Waals surface area contributed by atoms with Gasteiger partial charge >= 0.3 is 5.69 Å². The predicted octanol–water partition coefficient (Wildman–Crippen LogP) is 3.57. The normalized spacial score (nSPS) is 14.6. The second-order valence-electron chi connectivity index (χ2n) is 7.85. The van der Waals surface area contributed by atoms with Crippen LogP contribution in [0.15, 0.2) is 47.4 Å². The van der Waals surface area contributed by atoms with E-state index in [1.165, 1.54) is 40.7 Å². The van der Waals surface area contributed by atoms with Crippen molar-refractivity contribution in [2.24, 2.45) is 0 Å². The fraction of sp³-hybridized carbons (Fsp3) is 0.409. The molecule has 2 aromatic rings. The van der Waals surface area contributed by atoms with Gasteiger partial charge in [-0.25, -0.2) is 8.42 Å². The Hall–Kier alpha value is -3.18. The number of benzene rings is 2. The molecule has 178 valence electrons. The number of carbonyl (C=O) groups excluding carboxylic acids is 1. The van der Waals surface area contributed by atoms with E-state index in [1.54, 1.807) is 6.07 Å². The van der Waals surface area contributed by atoms with Gasteiger partial charge in [0, 0.05) is 19.2 Å². The zero-order chi connectivity index (χ0) is 24.0. The molecule has 33 heavy (non-hydrogen) atoms. The zero-order valence-electron chi connectivity index (χ0n) is 18.5. The molecule has 3 rings (SSSR count). The molecule has 10 nitrogen and oxygen atoms in total. The third-order valence-corrected chi connectivity index (χ3v) is 6.86. The van der Waals surface area contributed by atoms with Gasteiger partial charge in [-0.1, -0.05) is 18.6 Å². The summed E-state index contributed by atoms with van der Waals surface area (Å²) in [6.07, 6.45) is 2.39. The molecule has 0 atom stereocenters. The molecule has 1 amide bonds. The Labute approximate surface area is 192 Å². The lowest BCUT2D eigenvalue weighted by atomic mass is 10.2. The summed E-state index contributed by atoms with van der Waals surface area (Å²) in [5.74, 6) is -0.353. The lowest BCUT2D eigenvalue weighted by Gasteiger charge is -2.26. The molecule has 1 saturated heterocycles. The molecule has 1 N–H and O–H groups in total. The molecule has 0 bridgehead atoms. The van der Waals surface area contributed by atoms with E-state index in [1.807, 2.05) is 13.8 Å². The van der Waals surface area contributed by atoms with Crippen molar-refractivity contribution in [3.63, 3.8) is 0 Å². The number of piperidine rings is 1. The Morgan fingerprint density at radius 1 is 1.12 bits per heavy atom. The van der Waals surface area contributed by atoms with Crippen LogP contribution in [-0.4, -0.2) is 49.4 Å². The maximum Gasteiger partial charge on any atom is 0.310 e. The molecule has 2 aromatic carbocycles. The summed E-state index contributed by atoms with van der Waals surface area (Å²) in [6.45, 7) is 4.02. The number of nitrogens with one attached hydrogen (secondary N) is 1. The number of hydrogen-bond acceptors (Lipinski definition) is 7. The quantitative estimate of drug-likeness (QED) is 0.432. The molecule has 1 heterocycles. The van der Waals surface area contributed by atoms with Crippen molar-refractivity contribution in [2.45, 2.75) is 44.1 Å². The number of para-hydroxylation sites is 2. The number of hydrogen-bond donors (Lipinski definition) is 1. The van der Waals surface area contributed by atoms with Gasteiger partial charge in [0.15, 0.2) is 12.4 Å². The first-order valence-corrected chi connectivity index (χ1v) is 12.1. The van der Waals surface area contributed by atoms with Gasteiger partial charge in [-0.2, -0.15) is 4.31 Å². The SMILES string of the molecule is CC(C)Oc1ccc(S(=O)(=O)N2CCCCC2)cc1NC(=O)COc1ccccc1[N+](=O)[O-]. The van der Waals surface area contributed by atoms with Gasteiger partial charge in [0.2, 0.25) is 10.0 Å². The second kappa shape index (κ2) is 10.6. The summed E-state index contributed by atoms with van der Waals surface area (Å²) in [4.78, 5) is 23.1. The fourth-order valence-electron chi connectivity index (χ4n) is 3.44. The first-order valence-electron chi connectivity index (χ1n) is 10.7. The number of amides is 1. The minimum absolute atomic E-state index is 0.0438. The summed E-state index contributed by atoms with van der Waals surface area (Å²) < 4.78 is 38.6. The van der Waals surface area contributed by atoms with E-state index in [4.69, 9.17) is 9.47 Å². The highest BCUT2D eigenvalue weighted by Crippen LogP contribution is 2.31.